The summed E-state index contributed by atoms with van der Waals surface area (Å²) < 4.78 is 14.5. The predicted octanol–water partition coefficient (Wildman–Crippen LogP) is 0.407. The Morgan fingerprint density at radius 2 is 1.95 bits per heavy atom. The quantitative estimate of drug-likeness (QED) is 0.460. The van der Waals surface area contributed by atoms with E-state index < -0.39 is 6.09 Å². The Balaban J connectivity index is 4.03. The summed E-state index contributed by atoms with van der Waals surface area (Å²) in [6.45, 7) is 3.39. The maximum Gasteiger partial charge on any atom is 0.409 e. The van der Waals surface area contributed by atoms with Gasteiger partial charge in [-0.15, -0.1) is 0 Å². The Labute approximate surface area is 113 Å². The van der Waals surface area contributed by atoms with Gasteiger partial charge in [0.1, 0.15) is 0 Å². The lowest BCUT2D eigenvalue weighted by molar-refractivity contribution is -0.140. The molecular weight excluding hydrogens is 254 g/mol. The first-order chi connectivity index (χ1) is 9.15. The van der Waals surface area contributed by atoms with Crippen LogP contribution < -0.4 is 0 Å². The van der Waals surface area contributed by atoms with Crippen LogP contribution in [0.25, 0.3) is 0 Å². The van der Waals surface area contributed by atoms with Crippen LogP contribution in [0, 0.1) is 0 Å². The fourth-order valence-corrected chi connectivity index (χ4v) is 1.36. The van der Waals surface area contributed by atoms with Crippen molar-refractivity contribution in [3.63, 3.8) is 0 Å². The van der Waals surface area contributed by atoms with E-state index in [-0.39, 0.29) is 38.8 Å². The molecule has 0 saturated heterocycles. The van der Waals surface area contributed by atoms with E-state index in [0.717, 1.165) is 0 Å². The molecule has 1 amide bonds. The summed E-state index contributed by atoms with van der Waals surface area (Å²) in [5.74, 6) is -0.370. The van der Waals surface area contributed by atoms with Gasteiger partial charge in [-0.05, 0) is 13.3 Å². The highest BCUT2D eigenvalue weighted by Gasteiger charge is 2.15. The molecule has 0 aromatic carbocycles. The molecule has 0 saturated carbocycles. The normalized spacial score (nSPS) is 10.1. The first-order valence-corrected chi connectivity index (χ1v) is 6.32. The molecule has 19 heavy (non-hydrogen) atoms. The second-order valence-electron chi connectivity index (χ2n) is 3.70. The maximum atomic E-state index is 11.6. The zero-order valence-corrected chi connectivity index (χ0v) is 11.6. The summed E-state index contributed by atoms with van der Waals surface area (Å²) >= 11 is 0. The molecule has 0 bridgehead atoms. The van der Waals surface area contributed by atoms with E-state index in [9.17, 15) is 9.59 Å². The van der Waals surface area contributed by atoms with E-state index in [2.05, 4.69) is 4.74 Å². The topological polar surface area (TPSA) is 85.3 Å². The number of carbonyl (C=O) groups excluding carboxylic acids is 2. The van der Waals surface area contributed by atoms with Gasteiger partial charge in [0, 0.05) is 19.7 Å². The number of hydrogen-bond acceptors (Lipinski definition) is 6. The van der Waals surface area contributed by atoms with Gasteiger partial charge in [0.2, 0.25) is 0 Å². The van der Waals surface area contributed by atoms with Crippen molar-refractivity contribution in [1.82, 2.24) is 4.90 Å². The highest BCUT2D eigenvalue weighted by molar-refractivity contribution is 5.71. The number of hydrogen-bond donors (Lipinski definition) is 1. The van der Waals surface area contributed by atoms with Gasteiger partial charge in [-0.25, -0.2) is 4.79 Å². The lowest BCUT2D eigenvalue weighted by Crippen LogP contribution is -2.35. The number of esters is 1. The fourth-order valence-electron chi connectivity index (χ4n) is 1.36. The minimum atomic E-state index is -0.450. The molecule has 0 fully saturated rings. The molecule has 112 valence electrons. The third-order valence-electron chi connectivity index (χ3n) is 2.29. The molecule has 1 N–H and O–H groups in total. The monoisotopic (exact) mass is 277 g/mol. The van der Waals surface area contributed by atoms with Crippen LogP contribution in [0.1, 0.15) is 19.8 Å². The lowest BCUT2D eigenvalue weighted by Gasteiger charge is -2.21. The standard InChI is InChI=1S/C12H23NO6/c1-3-19-12(16)13(7-5-11(15)17-2)6-4-9-18-10-8-14/h14H,3-10H2,1-2H3. The number of methoxy groups -OCH3 is 1. The van der Waals surface area contributed by atoms with Crippen LogP contribution in [0.5, 0.6) is 0 Å². The first-order valence-electron chi connectivity index (χ1n) is 6.32. The maximum absolute atomic E-state index is 11.6. The van der Waals surface area contributed by atoms with Crippen LogP contribution in [0.15, 0.2) is 0 Å². The summed E-state index contributed by atoms with van der Waals surface area (Å²) in [6, 6.07) is 0. The van der Waals surface area contributed by atoms with Crippen molar-refractivity contribution < 1.29 is 28.9 Å². The van der Waals surface area contributed by atoms with Gasteiger partial charge in [-0.2, -0.15) is 0 Å². The molecule has 0 aliphatic carbocycles. The van der Waals surface area contributed by atoms with Gasteiger partial charge in [0.25, 0.3) is 0 Å². The summed E-state index contributed by atoms with van der Waals surface area (Å²) in [4.78, 5) is 24.1. The number of nitrogens with zero attached hydrogens (tertiary/aromatic N) is 1. The number of carbonyl (C=O) groups is 2. The Morgan fingerprint density at radius 3 is 2.53 bits per heavy atom. The molecule has 0 aromatic heterocycles. The Hall–Kier alpha value is -1.34. The minimum absolute atomic E-state index is 0.0239. The lowest BCUT2D eigenvalue weighted by atomic mass is 10.3. The van der Waals surface area contributed by atoms with Crippen LogP contribution in [-0.2, 0) is 19.0 Å². The molecule has 0 aliphatic rings. The molecule has 0 aliphatic heterocycles. The molecular formula is C12H23NO6. The average Bonchev–Trinajstić information content (AvgIpc) is 2.41. The van der Waals surface area contributed by atoms with E-state index in [1.807, 2.05) is 0 Å². The molecule has 0 unspecified atom stereocenters. The van der Waals surface area contributed by atoms with Gasteiger partial charge in [0.05, 0.1) is 33.4 Å². The Bertz CT molecular complexity index is 259. The van der Waals surface area contributed by atoms with Crippen molar-refractivity contribution in [1.29, 1.82) is 0 Å². The van der Waals surface area contributed by atoms with Gasteiger partial charge in [-0.3, -0.25) is 4.79 Å². The number of ether oxygens (including phenoxy) is 3. The fraction of sp³-hybridized carbons (Fsp3) is 0.833. The number of aliphatic hydroxyl groups is 1. The molecule has 0 aromatic rings. The zero-order chi connectivity index (χ0) is 14.5. The van der Waals surface area contributed by atoms with E-state index in [1.54, 1.807) is 6.92 Å². The second-order valence-corrected chi connectivity index (χ2v) is 3.70. The van der Waals surface area contributed by atoms with Crippen LogP contribution in [0.4, 0.5) is 4.79 Å². The average molecular weight is 277 g/mol. The molecule has 0 heterocycles. The Morgan fingerprint density at radius 1 is 1.21 bits per heavy atom. The molecule has 7 nitrogen and oxygen atoms in total. The predicted molar refractivity (Wildman–Crippen MR) is 67.7 cm³/mol. The Kier molecular flexibility index (Phi) is 10.9. The van der Waals surface area contributed by atoms with Gasteiger partial charge < -0.3 is 24.2 Å². The third kappa shape index (κ3) is 9.26. The van der Waals surface area contributed by atoms with Gasteiger partial charge in [-0.1, -0.05) is 0 Å². The zero-order valence-electron chi connectivity index (χ0n) is 11.6. The summed E-state index contributed by atoms with van der Waals surface area (Å²) in [5, 5.41) is 8.54. The van der Waals surface area contributed by atoms with E-state index >= 15 is 0 Å². The van der Waals surface area contributed by atoms with Gasteiger partial charge in [0.15, 0.2) is 0 Å². The highest BCUT2D eigenvalue weighted by atomic mass is 16.6. The van der Waals surface area contributed by atoms with Crippen molar-refractivity contribution in [2.45, 2.75) is 19.8 Å². The van der Waals surface area contributed by atoms with Gasteiger partial charge >= 0.3 is 12.1 Å². The van der Waals surface area contributed by atoms with Crippen molar-refractivity contribution in [3.8, 4) is 0 Å². The summed E-state index contributed by atoms with van der Waals surface area (Å²) in [7, 11) is 1.31. The smallest absolute Gasteiger partial charge is 0.409 e. The van der Waals surface area contributed by atoms with Crippen LogP contribution in [0.2, 0.25) is 0 Å². The van der Waals surface area contributed by atoms with Crippen molar-refractivity contribution in [3.05, 3.63) is 0 Å². The summed E-state index contributed by atoms with van der Waals surface area (Å²) in [6.07, 6.45) is 0.292. The number of amides is 1. The second kappa shape index (κ2) is 11.7. The van der Waals surface area contributed by atoms with Crippen molar-refractivity contribution >= 4 is 12.1 Å². The van der Waals surface area contributed by atoms with Crippen LogP contribution >= 0.6 is 0 Å². The van der Waals surface area contributed by atoms with Crippen molar-refractivity contribution in [2.75, 3.05) is 46.6 Å². The van der Waals surface area contributed by atoms with E-state index in [1.165, 1.54) is 12.0 Å². The molecule has 0 spiro atoms. The minimum Gasteiger partial charge on any atom is -0.469 e. The molecule has 0 atom stereocenters. The molecule has 0 rings (SSSR count). The van der Waals surface area contributed by atoms with E-state index in [4.69, 9.17) is 14.6 Å². The SMILES string of the molecule is CCOC(=O)N(CCCOCCO)CCC(=O)OC. The number of rotatable bonds is 10. The first kappa shape index (κ1) is 17.7. The van der Waals surface area contributed by atoms with Crippen molar-refractivity contribution in [2.24, 2.45) is 0 Å². The molecule has 7 heteroatoms. The largest absolute Gasteiger partial charge is 0.469 e. The van der Waals surface area contributed by atoms with Crippen LogP contribution in [0.3, 0.4) is 0 Å². The number of aliphatic hydroxyl groups excluding tert-OH is 1. The van der Waals surface area contributed by atoms with E-state index in [0.29, 0.717) is 19.6 Å². The van der Waals surface area contributed by atoms with Crippen LogP contribution in [-0.4, -0.2) is 68.7 Å². The molecule has 0 radical (unpaired) electrons. The third-order valence-corrected chi connectivity index (χ3v) is 2.29. The summed E-state index contributed by atoms with van der Waals surface area (Å²) in [5.41, 5.74) is 0. The highest BCUT2D eigenvalue weighted by Crippen LogP contribution is 2.00.